The minimum atomic E-state index is -0.530. The molecule has 1 rings (SSSR count). The van der Waals surface area contributed by atoms with E-state index in [-0.39, 0.29) is 13.2 Å². The normalized spacial score (nSPS) is 9.72. The largest absolute Gasteiger partial charge is 0.484 e. The lowest BCUT2D eigenvalue weighted by molar-refractivity contribution is -0.141. The summed E-state index contributed by atoms with van der Waals surface area (Å²) in [5, 5.41) is 3.07. The molecule has 0 aliphatic rings. The number of carbonyl (C=O) groups is 2. The van der Waals surface area contributed by atoms with E-state index in [0.717, 1.165) is 0 Å². The Morgan fingerprint density at radius 2 is 2.00 bits per heavy atom. The highest BCUT2D eigenvalue weighted by molar-refractivity contribution is 6.42. The first-order chi connectivity index (χ1) is 8.52. The lowest BCUT2D eigenvalue weighted by Crippen LogP contribution is -2.33. The van der Waals surface area contributed by atoms with Gasteiger partial charge in [-0.05, 0) is 12.1 Å². The number of hydrogen-bond acceptors (Lipinski definition) is 4. The van der Waals surface area contributed by atoms with Gasteiger partial charge in [0, 0.05) is 6.07 Å². The fourth-order valence-electron chi connectivity index (χ4n) is 1.01. The van der Waals surface area contributed by atoms with Crippen LogP contribution in [0.25, 0.3) is 0 Å². The molecule has 0 saturated carbocycles. The van der Waals surface area contributed by atoms with Gasteiger partial charge in [-0.3, -0.25) is 9.59 Å². The zero-order valence-corrected chi connectivity index (χ0v) is 11.0. The van der Waals surface area contributed by atoms with E-state index in [9.17, 15) is 9.59 Å². The van der Waals surface area contributed by atoms with Gasteiger partial charge in [-0.25, -0.2) is 0 Å². The molecule has 1 aromatic carbocycles. The van der Waals surface area contributed by atoms with E-state index in [4.69, 9.17) is 27.9 Å². The third-order valence-electron chi connectivity index (χ3n) is 1.92. The quantitative estimate of drug-likeness (QED) is 0.838. The molecule has 1 aromatic rings. The molecule has 0 heterocycles. The fourth-order valence-corrected chi connectivity index (χ4v) is 1.30. The van der Waals surface area contributed by atoms with Gasteiger partial charge in [-0.1, -0.05) is 23.2 Å². The summed E-state index contributed by atoms with van der Waals surface area (Å²) >= 11 is 11.5. The molecule has 0 aliphatic carbocycles. The van der Waals surface area contributed by atoms with Crippen molar-refractivity contribution >= 4 is 35.1 Å². The monoisotopic (exact) mass is 291 g/mol. The summed E-state index contributed by atoms with van der Waals surface area (Å²) in [6, 6.07) is 4.64. The topological polar surface area (TPSA) is 64.6 Å². The molecule has 0 unspecified atom stereocenters. The zero-order chi connectivity index (χ0) is 13.5. The van der Waals surface area contributed by atoms with Crippen molar-refractivity contribution in [3.63, 3.8) is 0 Å². The Bertz CT molecular complexity index is 451. The molecule has 7 heteroatoms. The van der Waals surface area contributed by atoms with Crippen LogP contribution in [0.1, 0.15) is 0 Å². The van der Waals surface area contributed by atoms with Crippen molar-refractivity contribution in [2.24, 2.45) is 0 Å². The molecule has 0 saturated heterocycles. The minimum Gasteiger partial charge on any atom is -0.484 e. The molecule has 18 heavy (non-hydrogen) atoms. The molecule has 0 bridgehead atoms. The first-order valence-electron chi connectivity index (χ1n) is 4.94. The summed E-state index contributed by atoms with van der Waals surface area (Å²) in [7, 11) is 1.24. The van der Waals surface area contributed by atoms with Gasteiger partial charge in [0.1, 0.15) is 12.3 Å². The molecular weight excluding hydrogens is 281 g/mol. The second kappa shape index (κ2) is 7.08. The van der Waals surface area contributed by atoms with E-state index < -0.39 is 11.9 Å². The number of halogens is 2. The summed E-state index contributed by atoms with van der Waals surface area (Å²) in [6.07, 6.45) is 0. The van der Waals surface area contributed by atoms with Crippen molar-refractivity contribution in [3.8, 4) is 5.75 Å². The van der Waals surface area contributed by atoms with Gasteiger partial charge in [0.25, 0.3) is 5.91 Å². The van der Waals surface area contributed by atoms with Crippen molar-refractivity contribution in [2.45, 2.75) is 0 Å². The Kier molecular flexibility index (Phi) is 5.74. The Morgan fingerprint density at radius 1 is 1.28 bits per heavy atom. The van der Waals surface area contributed by atoms with Crippen molar-refractivity contribution in [1.29, 1.82) is 0 Å². The van der Waals surface area contributed by atoms with Crippen LogP contribution < -0.4 is 10.1 Å². The smallest absolute Gasteiger partial charge is 0.325 e. The van der Waals surface area contributed by atoms with Gasteiger partial charge in [0.15, 0.2) is 6.61 Å². The van der Waals surface area contributed by atoms with E-state index >= 15 is 0 Å². The third kappa shape index (κ3) is 4.81. The van der Waals surface area contributed by atoms with Crippen LogP contribution in [-0.2, 0) is 14.3 Å². The lowest BCUT2D eigenvalue weighted by atomic mass is 10.3. The van der Waals surface area contributed by atoms with Gasteiger partial charge in [0.05, 0.1) is 17.2 Å². The van der Waals surface area contributed by atoms with Gasteiger partial charge in [-0.2, -0.15) is 0 Å². The number of esters is 1. The highest BCUT2D eigenvalue weighted by atomic mass is 35.5. The first-order valence-corrected chi connectivity index (χ1v) is 5.70. The van der Waals surface area contributed by atoms with Crippen molar-refractivity contribution in [3.05, 3.63) is 28.2 Å². The second-order valence-corrected chi connectivity index (χ2v) is 4.03. The maximum Gasteiger partial charge on any atom is 0.325 e. The third-order valence-corrected chi connectivity index (χ3v) is 2.66. The summed E-state index contributed by atoms with van der Waals surface area (Å²) in [5.74, 6) is -0.554. The molecule has 0 atom stereocenters. The average Bonchev–Trinajstić information content (AvgIpc) is 2.37. The Labute approximate surface area is 114 Å². The van der Waals surface area contributed by atoms with Gasteiger partial charge in [0.2, 0.25) is 0 Å². The minimum absolute atomic E-state index is 0.194. The van der Waals surface area contributed by atoms with E-state index in [0.29, 0.717) is 15.8 Å². The number of amides is 1. The van der Waals surface area contributed by atoms with Crippen LogP contribution >= 0.6 is 23.2 Å². The Hall–Kier alpha value is -1.46. The number of ether oxygens (including phenoxy) is 2. The van der Waals surface area contributed by atoms with Crippen LogP contribution in [0.15, 0.2) is 18.2 Å². The number of carbonyl (C=O) groups excluding carboxylic acids is 2. The van der Waals surface area contributed by atoms with Crippen molar-refractivity contribution in [1.82, 2.24) is 5.32 Å². The Balaban J connectivity index is 2.38. The molecule has 0 aromatic heterocycles. The summed E-state index contributed by atoms with van der Waals surface area (Å²) in [5.41, 5.74) is 0. The van der Waals surface area contributed by atoms with Crippen LogP contribution in [0.2, 0.25) is 10.0 Å². The van der Waals surface area contributed by atoms with Crippen LogP contribution in [-0.4, -0.2) is 32.1 Å². The van der Waals surface area contributed by atoms with Crippen LogP contribution in [0.4, 0.5) is 0 Å². The lowest BCUT2D eigenvalue weighted by Gasteiger charge is -2.07. The van der Waals surface area contributed by atoms with Crippen molar-refractivity contribution in [2.75, 3.05) is 20.3 Å². The Morgan fingerprint density at radius 3 is 2.61 bits per heavy atom. The standard InChI is InChI=1S/C11H11Cl2NO4/c1-17-11(16)5-14-10(15)6-18-7-2-3-8(12)9(13)4-7/h2-4H,5-6H2,1H3,(H,14,15). The molecule has 1 N–H and O–H groups in total. The summed E-state index contributed by atoms with van der Waals surface area (Å²) in [4.78, 5) is 22.0. The molecule has 5 nitrogen and oxygen atoms in total. The van der Waals surface area contributed by atoms with Crippen LogP contribution in [0.5, 0.6) is 5.75 Å². The van der Waals surface area contributed by atoms with Crippen LogP contribution in [0, 0.1) is 0 Å². The SMILES string of the molecule is COC(=O)CNC(=O)COc1ccc(Cl)c(Cl)c1. The van der Waals surface area contributed by atoms with Crippen molar-refractivity contribution < 1.29 is 19.1 Å². The van der Waals surface area contributed by atoms with Gasteiger partial charge >= 0.3 is 5.97 Å². The number of benzene rings is 1. The molecule has 0 fully saturated rings. The van der Waals surface area contributed by atoms with E-state index in [1.165, 1.54) is 13.2 Å². The van der Waals surface area contributed by atoms with E-state index in [1.807, 2.05) is 0 Å². The predicted molar refractivity (Wildman–Crippen MR) is 67.0 cm³/mol. The molecular formula is C11H11Cl2NO4. The van der Waals surface area contributed by atoms with Gasteiger partial charge in [-0.15, -0.1) is 0 Å². The fraction of sp³-hybridized carbons (Fsp3) is 0.273. The number of nitrogens with one attached hydrogen (secondary N) is 1. The predicted octanol–water partition coefficient (Wildman–Crippen LogP) is 1.66. The second-order valence-electron chi connectivity index (χ2n) is 3.22. The number of rotatable bonds is 5. The summed E-state index contributed by atoms with van der Waals surface area (Å²) in [6.45, 7) is -0.422. The maximum atomic E-state index is 11.3. The van der Waals surface area contributed by atoms with E-state index in [2.05, 4.69) is 10.1 Å². The average molecular weight is 292 g/mol. The molecule has 0 spiro atoms. The molecule has 98 valence electrons. The first kappa shape index (κ1) is 14.6. The zero-order valence-electron chi connectivity index (χ0n) is 9.54. The maximum absolute atomic E-state index is 11.3. The number of methoxy groups -OCH3 is 1. The highest BCUT2D eigenvalue weighted by Gasteiger charge is 2.07. The molecule has 1 amide bonds. The van der Waals surface area contributed by atoms with Gasteiger partial charge < -0.3 is 14.8 Å². The molecule has 0 radical (unpaired) electrons. The van der Waals surface area contributed by atoms with E-state index in [1.54, 1.807) is 12.1 Å². The van der Waals surface area contributed by atoms with Crippen LogP contribution in [0.3, 0.4) is 0 Å². The molecule has 0 aliphatic heterocycles. The number of hydrogen-bond donors (Lipinski definition) is 1. The highest BCUT2D eigenvalue weighted by Crippen LogP contribution is 2.26. The summed E-state index contributed by atoms with van der Waals surface area (Å²) < 4.78 is 9.53.